The highest BCUT2D eigenvalue weighted by Gasteiger charge is 2.15. The van der Waals surface area contributed by atoms with Gasteiger partial charge in [-0.2, -0.15) is 0 Å². The lowest BCUT2D eigenvalue weighted by atomic mass is 10.0. The predicted octanol–water partition coefficient (Wildman–Crippen LogP) is 1.83. The van der Waals surface area contributed by atoms with Crippen LogP contribution in [-0.4, -0.2) is 16.7 Å². The Bertz CT molecular complexity index is 855. The molecule has 4 heteroatoms. The molecule has 0 atom stereocenters. The molecule has 0 N–H and O–H groups in total. The molecule has 0 amide bonds. The minimum Gasteiger partial charge on any atom is -0.545 e. The van der Waals surface area contributed by atoms with Crippen molar-refractivity contribution in [2.45, 2.75) is 0 Å². The molecule has 1 aromatic heterocycles. The van der Waals surface area contributed by atoms with E-state index in [2.05, 4.69) is 4.98 Å². The van der Waals surface area contributed by atoms with Crippen LogP contribution in [0, 0.1) is 0 Å². The van der Waals surface area contributed by atoms with Crippen LogP contribution in [0.1, 0.15) is 26.4 Å². The van der Waals surface area contributed by atoms with E-state index in [0.717, 1.165) is 10.8 Å². The Hall–Kier alpha value is -3.01. The lowest BCUT2D eigenvalue weighted by Gasteiger charge is -2.09. The number of carbonyl (C=O) groups excluding carboxylic acids is 2. The molecule has 21 heavy (non-hydrogen) atoms. The van der Waals surface area contributed by atoms with Crippen molar-refractivity contribution >= 4 is 22.5 Å². The van der Waals surface area contributed by atoms with Crippen molar-refractivity contribution < 1.29 is 14.7 Å². The van der Waals surface area contributed by atoms with E-state index in [4.69, 9.17) is 0 Å². The zero-order chi connectivity index (χ0) is 14.8. The fourth-order valence-electron chi connectivity index (χ4n) is 2.20. The molecule has 3 aromatic rings. The Morgan fingerprint density at radius 2 is 1.48 bits per heavy atom. The molecule has 3 rings (SSSR count). The lowest BCUT2D eigenvalue weighted by Crippen LogP contribution is -2.25. The molecule has 0 spiro atoms. The number of carboxylic acids is 1. The van der Waals surface area contributed by atoms with E-state index in [1.807, 2.05) is 24.3 Å². The molecule has 1 heterocycles. The molecular weight excluding hydrogens is 266 g/mol. The van der Waals surface area contributed by atoms with Gasteiger partial charge >= 0.3 is 0 Å². The maximum Gasteiger partial charge on any atom is 0.212 e. The first-order valence-electron chi connectivity index (χ1n) is 6.36. The van der Waals surface area contributed by atoms with Crippen molar-refractivity contribution in [1.29, 1.82) is 0 Å². The molecule has 0 bridgehead atoms. The van der Waals surface area contributed by atoms with Crippen LogP contribution in [0.15, 0.2) is 60.8 Å². The highest BCUT2D eigenvalue weighted by atomic mass is 16.4. The maximum atomic E-state index is 12.5. The Kier molecular flexibility index (Phi) is 3.20. The highest BCUT2D eigenvalue weighted by Crippen LogP contribution is 2.17. The number of aromatic nitrogens is 1. The van der Waals surface area contributed by atoms with Crippen LogP contribution < -0.4 is 5.11 Å². The average Bonchev–Trinajstić information content (AvgIpc) is 2.53. The topological polar surface area (TPSA) is 70.1 Å². The predicted molar refractivity (Wildman–Crippen MR) is 75.9 cm³/mol. The number of nitrogens with zero attached hydrogens (tertiary/aromatic N) is 1. The molecule has 0 aliphatic heterocycles. The van der Waals surface area contributed by atoms with Crippen LogP contribution >= 0.6 is 0 Å². The van der Waals surface area contributed by atoms with Gasteiger partial charge in [0.05, 0.1) is 5.97 Å². The Morgan fingerprint density at radius 1 is 0.857 bits per heavy atom. The minimum atomic E-state index is -1.38. The summed E-state index contributed by atoms with van der Waals surface area (Å²) in [7, 11) is 0. The molecule has 2 aromatic carbocycles. The van der Waals surface area contributed by atoms with Gasteiger partial charge in [0, 0.05) is 22.7 Å². The van der Waals surface area contributed by atoms with Crippen LogP contribution in [0.5, 0.6) is 0 Å². The molecule has 4 nitrogen and oxygen atoms in total. The van der Waals surface area contributed by atoms with Crippen molar-refractivity contribution in [2.24, 2.45) is 0 Å². The second kappa shape index (κ2) is 5.17. The SMILES string of the molecule is O=C([O-])c1ccccc1C(=O)c1cc2ccccc2cn1. The third kappa shape index (κ3) is 2.39. The van der Waals surface area contributed by atoms with Gasteiger partial charge in [-0.1, -0.05) is 48.5 Å². The first kappa shape index (κ1) is 13.0. The molecule has 0 radical (unpaired) electrons. The normalized spacial score (nSPS) is 10.5. The summed E-state index contributed by atoms with van der Waals surface area (Å²) in [5.74, 6) is -1.81. The summed E-state index contributed by atoms with van der Waals surface area (Å²) in [6.45, 7) is 0. The summed E-state index contributed by atoms with van der Waals surface area (Å²) in [4.78, 5) is 27.7. The number of hydrogen-bond acceptors (Lipinski definition) is 4. The minimum absolute atomic E-state index is 0.0836. The average molecular weight is 276 g/mol. The van der Waals surface area contributed by atoms with Crippen LogP contribution in [0.2, 0.25) is 0 Å². The number of fused-ring (bicyclic) bond motifs is 1. The van der Waals surface area contributed by atoms with E-state index in [-0.39, 0.29) is 16.8 Å². The molecular formula is C17H10NO3-. The number of benzene rings is 2. The van der Waals surface area contributed by atoms with Gasteiger partial charge in [-0.3, -0.25) is 9.78 Å². The quantitative estimate of drug-likeness (QED) is 0.684. The fourth-order valence-corrected chi connectivity index (χ4v) is 2.20. The Balaban J connectivity index is 2.10. The third-order valence-corrected chi connectivity index (χ3v) is 3.26. The molecule has 0 aliphatic rings. The van der Waals surface area contributed by atoms with Gasteiger partial charge in [0.2, 0.25) is 5.78 Å². The van der Waals surface area contributed by atoms with Crippen molar-refractivity contribution in [3.63, 3.8) is 0 Å². The first-order chi connectivity index (χ1) is 10.2. The smallest absolute Gasteiger partial charge is 0.212 e. The van der Waals surface area contributed by atoms with Crippen LogP contribution in [0.25, 0.3) is 10.8 Å². The largest absolute Gasteiger partial charge is 0.545 e. The molecule has 102 valence electrons. The van der Waals surface area contributed by atoms with Gasteiger partial charge in [0.1, 0.15) is 5.69 Å². The van der Waals surface area contributed by atoms with Gasteiger partial charge in [-0.25, -0.2) is 0 Å². The number of aromatic carboxylic acids is 1. The fraction of sp³-hybridized carbons (Fsp3) is 0. The Morgan fingerprint density at radius 3 is 2.19 bits per heavy atom. The molecule has 0 unspecified atom stereocenters. The maximum absolute atomic E-state index is 12.5. The van der Waals surface area contributed by atoms with E-state index in [0.29, 0.717) is 0 Å². The van der Waals surface area contributed by atoms with Gasteiger partial charge in [0.25, 0.3) is 0 Å². The summed E-state index contributed by atoms with van der Waals surface area (Å²) < 4.78 is 0. The number of hydrogen-bond donors (Lipinski definition) is 0. The van der Waals surface area contributed by atoms with Crippen molar-refractivity contribution in [2.75, 3.05) is 0 Å². The number of rotatable bonds is 3. The van der Waals surface area contributed by atoms with Crippen LogP contribution in [0.3, 0.4) is 0 Å². The summed E-state index contributed by atoms with van der Waals surface area (Å²) in [6, 6.07) is 15.2. The highest BCUT2D eigenvalue weighted by molar-refractivity contribution is 6.13. The summed E-state index contributed by atoms with van der Waals surface area (Å²) >= 11 is 0. The number of pyridine rings is 1. The van der Waals surface area contributed by atoms with Gasteiger partial charge < -0.3 is 9.90 Å². The number of carboxylic acid groups (broad SMARTS) is 1. The van der Waals surface area contributed by atoms with E-state index in [1.54, 1.807) is 24.4 Å². The summed E-state index contributed by atoms with van der Waals surface area (Å²) in [5.41, 5.74) is 0.167. The van der Waals surface area contributed by atoms with Crippen molar-refractivity contribution in [3.05, 3.63) is 77.6 Å². The van der Waals surface area contributed by atoms with Crippen LogP contribution in [0.4, 0.5) is 0 Å². The molecule has 0 fully saturated rings. The standard InChI is InChI=1S/C17H11NO3/c19-16(13-7-3-4-8-14(13)17(20)21)15-9-11-5-1-2-6-12(11)10-18-15/h1-10H,(H,20,21)/p-1. The van der Waals surface area contributed by atoms with E-state index in [9.17, 15) is 14.7 Å². The third-order valence-electron chi connectivity index (χ3n) is 3.26. The van der Waals surface area contributed by atoms with E-state index in [1.165, 1.54) is 12.1 Å². The molecule has 0 saturated heterocycles. The number of carbonyl (C=O) groups is 2. The molecule has 0 saturated carbocycles. The number of ketones is 1. The van der Waals surface area contributed by atoms with Gasteiger partial charge in [-0.05, 0) is 11.5 Å². The second-order valence-corrected chi connectivity index (χ2v) is 4.58. The zero-order valence-electron chi connectivity index (χ0n) is 10.9. The van der Waals surface area contributed by atoms with Crippen molar-refractivity contribution in [3.8, 4) is 0 Å². The second-order valence-electron chi connectivity index (χ2n) is 4.58. The van der Waals surface area contributed by atoms with Crippen LogP contribution in [-0.2, 0) is 0 Å². The van der Waals surface area contributed by atoms with Gasteiger partial charge in [0.15, 0.2) is 0 Å². The first-order valence-corrected chi connectivity index (χ1v) is 6.36. The Labute approximate surface area is 120 Å². The van der Waals surface area contributed by atoms with Gasteiger partial charge in [-0.15, -0.1) is 0 Å². The van der Waals surface area contributed by atoms with Crippen molar-refractivity contribution in [1.82, 2.24) is 4.98 Å². The monoisotopic (exact) mass is 276 g/mol. The zero-order valence-corrected chi connectivity index (χ0v) is 10.9. The van der Waals surface area contributed by atoms with E-state index >= 15 is 0 Å². The summed E-state index contributed by atoms with van der Waals surface area (Å²) in [5, 5.41) is 12.9. The summed E-state index contributed by atoms with van der Waals surface area (Å²) in [6.07, 6.45) is 1.60. The molecule has 0 aliphatic carbocycles. The lowest BCUT2D eigenvalue weighted by molar-refractivity contribution is -0.255. The van der Waals surface area contributed by atoms with E-state index < -0.39 is 11.8 Å².